The third kappa shape index (κ3) is 4.07. The highest BCUT2D eigenvalue weighted by Crippen LogP contribution is 2.47. The Morgan fingerprint density at radius 3 is 2.70 bits per heavy atom. The first-order chi connectivity index (χ1) is 14.4. The minimum Gasteiger partial charge on any atom is -0.465 e. The Labute approximate surface area is 179 Å². The fourth-order valence-corrected chi connectivity index (χ4v) is 5.43. The summed E-state index contributed by atoms with van der Waals surface area (Å²) in [4.78, 5) is 35.8. The second-order valence-electron chi connectivity index (χ2n) is 8.10. The minimum atomic E-state index is -1.07. The van der Waals surface area contributed by atoms with Gasteiger partial charge in [0.25, 0.3) is 0 Å². The van der Waals surface area contributed by atoms with E-state index in [0.29, 0.717) is 25.2 Å². The SMILES string of the molecule is C[C@@H]1C(=O)CC2(CCN(c3cnc(Sc4cccc(N)c4)cn3)CC2)[C@H]1NC(=O)O. The molecule has 0 bridgehead atoms. The number of amides is 1. The van der Waals surface area contributed by atoms with Crippen LogP contribution < -0.4 is 16.0 Å². The molecule has 158 valence electrons. The smallest absolute Gasteiger partial charge is 0.404 e. The molecule has 1 aliphatic carbocycles. The molecule has 2 heterocycles. The zero-order valence-electron chi connectivity index (χ0n) is 16.7. The third-order valence-electron chi connectivity index (χ3n) is 6.25. The molecule has 2 fully saturated rings. The van der Waals surface area contributed by atoms with Crippen molar-refractivity contribution in [2.45, 2.75) is 42.1 Å². The molecule has 4 N–H and O–H groups in total. The summed E-state index contributed by atoms with van der Waals surface area (Å²) in [6, 6.07) is 7.30. The first-order valence-corrected chi connectivity index (χ1v) is 10.8. The first kappa shape index (κ1) is 20.5. The Morgan fingerprint density at radius 1 is 1.30 bits per heavy atom. The van der Waals surface area contributed by atoms with Crippen molar-refractivity contribution in [3.8, 4) is 0 Å². The summed E-state index contributed by atoms with van der Waals surface area (Å²) in [7, 11) is 0. The highest BCUT2D eigenvalue weighted by molar-refractivity contribution is 7.99. The van der Waals surface area contributed by atoms with Gasteiger partial charge in [-0.3, -0.25) is 4.79 Å². The number of anilines is 2. The van der Waals surface area contributed by atoms with E-state index in [4.69, 9.17) is 5.73 Å². The average Bonchev–Trinajstić information content (AvgIpc) is 2.93. The molecule has 1 aromatic heterocycles. The average molecular weight is 428 g/mol. The lowest BCUT2D eigenvalue weighted by atomic mass is 9.73. The van der Waals surface area contributed by atoms with Gasteiger partial charge in [0.2, 0.25) is 0 Å². The maximum atomic E-state index is 12.3. The van der Waals surface area contributed by atoms with E-state index in [9.17, 15) is 14.7 Å². The van der Waals surface area contributed by atoms with E-state index in [1.807, 2.05) is 31.2 Å². The standard InChI is InChI=1S/C21H25N5O3S/c1-13-16(27)10-21(19(13)25-20(28)29)5-7-26(8-6-21)17-11-24-18(12-23-17)30-15-4-2-3-14(22)9-15/h2-4,9,11-13,19,25H,5-8,10,22H2,1H3,(H,28,29)/t13-,19+/m1/s1. The normalized spacial score (nSPS) is 23.0. The molecule has 4 rings (SSSR count). The maximum Gasteiger partial charge on any atom is 0.404 e. The van der Waals surface area contributed by atoms with Crippen LogP contribution in [0.15, 0.2) is 46.6 Å². The van der Waals surface area contributed by atoms with Crippen molar-refractivity contribution >= 4 is 35.1 Å². The monoisotopic (exact) mass is 427 g/mol. The largest absolute Gasteiger partial charge is 0.465 e. The Balaban J connectivity index is 1.41. The van der Waals surface area contributed by atoms with Crippen molar-refractivity contribution in [1.29, 1.82) is 0 Å². The molecule has 9 heteroatoms. The van der Waals surface area contributed by atoms with E-state index in [0.717, 1.165) is 28.6 Å². The summed E-state index contributed by atoms with van der Waals surface area (Å²) in [5, 5.41) is 12.6. The molecule has 2 aromatic rings. The fraction of sp³-hybridized carbons (Fsp3) is 0.429. The summed E-state index contributed by atoms with van der Waals surface area (Å²) in [6.07, 6.45) is 4.38. The summed E-state index contributed by atoms with van der Waals surface area (Å²) in [5.74, 6) is 0.655. The van der Waals surface area contributed by atoms with Gasteiger partial charge in [0.05, 0.1) is 12.4 Å². The van der Waals surface area contributed by atoms with E-state index in [1.165, 1.54) is 11.8 Å². The van der Waals surface area contributed by atoms with Gasteiger partial charge in [-0.2, -0.15) is 0 Å². The van der Waals surface area contributed by atoms with Gasteiger partial charge in [-0.1, -0.05) is 24.8 Å². The molecule has 0 radical (unpaired) electrons. The number of nitrogens with one attached hydrogen (secondary N) is 1. The summed E-state index contributed by atoms with van der Waals surface area (Å²) in [6.45, 7) is 3.26. The van der Waals surface area contributed by atoms with Crippen molar-refractivity contribution in [3.63, 3.8) is 0 Å². The number of hydrogen-bond donors (Lipinski definition) is 3. The molecule has 0 unspecified atom stereocenters. The van der Waals surface area contributed by atoms with Crippen LogP contribution in [0.4, 0.5) is 16.3 Å². The zero-order valence-corrected chi connectivity index (χ0v) is 17.6. The predicted molar refractivity (Wildman–Crippen MR) is 115 cm³/mol. The van der Waals surface area contributed by atoms with E-state index >= 15 is 0 Å². The quantitative estimate of drug-likeness (QED) is 0.637. The molecule has 1 saturated carbocycles. The molecule has 2 atom stereocenters. The van der Waals surface area contributed by atoms with Crippen LogP contribution in [0.25, 0.3) is 0 Å². The number of Topliss-reactive ketones (excluding diaryl/α,β-unsaturated/α-hetero) is 1. The van der Waals surface area contributed by atoms with Gasteiger partial charge in [-0.25, -0.2) is 14.8 Å². The molecule has 30 heavy (non-hydrogen) atoms. The number of nitrogen functional groups attached to an aromatic ring is 1. The van der Waals surface area contributed by atoms with Gasteiger partial charge < -0.3 is 21.1 Å². The zero-order chi connectivity index (χ0) is 21.3. The Kier molecular flexibility index (Phi) is 5.55. The number of benzene rings is 1. The Hall–Kier alpha value is -2.81. The number of ketones is 1. The van der Waals surface area contributed by atoms with E-state index in [2.05, 4.69) is 20.2 Å². The van der Waals surface area contributed by atoms with E-state index < -0.39 is 6.09 Å². The van der Waals surface area contributed by atoms with Crippen LogP contribution in [-0.2, 0) is 4.79 Å². The number of carbonyl (C=O) groups is 2. The number of hydrogen-bond acceptors (Lipinski definition) is 7. The van der Waals surface area contributed by atoms with Crippen molar-refractivity contribution in [2.75, 3.05) is 23.7 Å². The van der Waals surface area contributed by atoms with Crippen LogP contribution in [0, 0.1) is 11.3 Å². The molecule has 8 nitrogen and oxygen atoms in total. The molecule has 1 aliphatic heterocycles. The van der Waals surface area contributed by atoms with Gasteiger partial charge in [-0.15, -0.1) is 0 Å². The van der Waals surface area contributed by atoms with Crippen LogP contribution in [0.5, 0.6) is 0 Å². The molecule has 1 amide bonds. The number of nitrogens with two attached hydrogens (primary N) is 1. The molecule has 1 saturated heterocycles. The lowest BCUT2D eigenvalue weighted by Crippen LogP contribution is -2.52. The molecule has 1 spiro atoms. The van der Waals surface area contributed by atoms with Crippen molar-refractivity contribution in [3.05, 3.63) is 36.7 Å². The van der Waals surface area contributed by atoms with Gasteiger partial charge in [0.15, 0.2) is 0 Å². The van der Waals surface area contributed by atoms with Crippen LogP contribution >= 0.6 is 11.8 Å². The van der Waals surface area contributed by atoms with Gasteiger partial charge >= 0.3 is 6.09 Å². The van der Waals surface area contributed by atoms with E-state index in [-0.39, 0.29) is 23.2 Å². The van der Waals surface area contributed by atoms with Crippen molar-refractivity contribution in [1.82, 2.24) is 15.3 Å². The lowest BCUT2D eigenvalue weighted by molar-refractivity contribution is -0.120. The molecule has 1 aromatic carbocycles. The fourth-order valence-electron chi connectivity index (χ4n) is 4.64. The summed E-state index contributed by atoms with van der Waals surface area (Å²) >= 11 is 1.51. The highest BCUT2D eigenvalue weighted by atomic mass is 32.2. The van der Waals surface area contributed by atoms with Crippen molar-refractivity contribution in [2.24, 2.45) is 11.3 Å². The molecule has 2 aliphatic rings. The topological polar surface area (TPSA) is 121 Å². The first-order valence-electron chi connectivity index (χ1n) is 9.99. The number of rotatable bonds is 4. The number of carbonyl (C=O) groups excluding carboxylic acids is 1. The summed E-state index contributed by atoms with van der Waals surface area (Å²) < 4.78 is 0. The Bertz CT molecular complexity index is 944. The minimum absolute atomic E-state index is 0.143. The second kappa shape index (κ2) is 8.14. The van der Waals surface area contributed by atoms with Gasteiger partial charge in [0, 0.05) is 47.5 Å². The van der Waals surface area contributed by atoms with Crippen LogP contribution in [-0.4, -0.2) is 46.1 Å². The predicted octanol–water partition coefficient (Wildman–Crippen LogP) is 3.04. The van der Waals surface area contributed by atoms with Gasteiger partial charge in [-0.05, 0) is 31.0 Å². The molecular formula is C21H25N5O3S. The van der Waals surface area contributed by atoms with Crippen LogP contribution in [0.3, 0.4) is 0 Å². The third-order valence-corrected chi connectivity index (χ3v) is 7.16. The Morgan fingerprint density at radius 2 is 2.07 bits per heavy atom. The van der Waals surface area contributed by atoms with Gasteiger partial charge in [0.1, 0.15) is 16.6 Å². The van der Waals surface area contributed by atoms with Crippen LogP contribution in [0.2, 0.25) is 0 Å². The van der Waals surface area contributed by atoms with E-state index in [1.54, 1.807) is 12.4 Å². The second-order valence-corrected chi connectivity index (χ2v) is 9.19. The maximum absolute atomic E-state index is 12.3. The van der Waals surface area contributed by atoms with Crippen molar-refractivity contribution < 1.29 is 14.7 Å². The lowest BCUT2D eigenvalue weighted by Gasteiger charge is -2.43. The highest BCUT2D eigenvalue weighted by Gasteiger charge is 2.53. The number of nitrogens with zero attached hydrogens (tertiary/aromatic N) is 3. The number of piperidine rings is 1. The summed E-state index contributed by atoms with van der Waals surface area (Å²) in [5.41, 5.74) is 6.23. The van der Waals surface area contributed by atoms with Crippen LogP contribution in [0.1, 0.15) is 26.2 Å². The molecular weight excluding hydrogens is 402 g/mol. The number of carboxylic acid groups (broad SMARTS) is 1. The number of aromatic nitrogens is 2.